The third-order valence-corrected chi connectivity index (χ3v) is 9.65. The second kappa shape index (κ2) is 9.16. The van der Waals surface area contributed by atoms with E-state index >= 15 is 0 Å². The van der Waals surface area contributed by atoms with E-state index < -0.39 is 17.9 Å². The van der Waals surface area contributed by atoms with Crippen molar-refractivity contribution in [3.05, 3.63) is 41.5 Å². The van der Waals surface area contributed by atoms with Gasteiger partial charge in [-0.1, -0.05) is 38.0 Å². The van der Waals surface area contributed by atoms with Crippen LogP contribution in [0.1, 0.15) is 95.1 Å². The molecule has 190 valence electrons. The molecule has 3 aliphatic carbocycles. The summed E-state index contributed by atoms with van der Waals surface area (Å²) >= 11 is 0. The topological polar surface area (TPSA) is 60.7 Å². The van der Waals surface area contributed by atoms with Crippen LogP contribution >= 0.6 is 0 Å². The van der Waals surface area contributed by atoms with Crippen LogP contribution in [-0.2, 0) is 6.42 Å². The first-order valence-corrected chi connectivity index (χ1v) is 12.9. The fraction of sp³-hybridized carbons (Fsp3) is 0.714. The number of hydrogen-bond acceptors (Lipinski definition) is 3. The number of rotatable bonds is 7. The van der Waals surface area contributed by atoms with Crippen molar-refractivity contribution in [3.8, 4) is 5.75 Å². The van der Waals surface area contributed by atoms with Crippen molar-refractivity contribution < 1.29 is 28.5 Å². The SMILES string of the molecule is C[C@]1(O)CC[C@H]2C3(C=CCCCCC[C@H](O)C(F)(F)F)CCc4cc(O)ccc4[C@H]3CC[C@@]21C. The van der Waals surface area contributed by atoms with Gasteiger partial charge in [-0.25, -0.2) is 0 Å². The summed E-state index contributed by atoms with van der Waals surface area (Å²) in [4.78, 5) is 0. The van der Waals surface area contributed by atoms with Crippen LogP contribution in [0, 0.1) is 16.7 Å². The summed E-state index contributed by atoms with van der Waals surface area (Å²) in [6.45, 7) is 4.25. The van der Waals surface area contributed by atoms with Gasteiger partial charge < -0.3 is 15.3 Å². The zero-order valence-corrected chi connectivity index (χ0v) is 20.4. The number of aromatic hydroxyl groups is 1. The van der Waals surface area contributed by atoms with Gasteiger partial charge in [-0.15, -0.1) is 0 Å². The Labute approximate surface area is 201 Å². The molecule has 6 heteroatoms. The van der Waals surface area contributed by atoms with Gasteiger partial charge in [0.25, 0.3) is 0 Å². The largest absolute Gasteiger partial charge is 0.508 e. The highest BCUT2D eigenvalue weighted by atomic mass is 19.4. The predicted molar refractivity (Wildman–Crippen MR) is 127 cm³/mol. The Hall–Kier alpha value is -1.53. The van der Waals surface area contributed by atoms with Gasteiger partial charge in [-0.3, -0.25) is 0 Å². The molecule has 3 nitrogen and oxygen atoms in total. The van der Waals surface area contributed by atoms with Gasteiger partial charge in [0.2, 0.25) is 0 Å². The molecule has 4 rings (SSSR count). The Kier molecular flexibility index (Phi) is 6.89. The van der Waals surface area contributed by atoms with E-state index in [2.05, 4.69) is 25.1 Å². The molecule has 0 bridgehead atoms. The number of aryl methyl sites for hydroxylation is 1. The molecule has 1 unspecified atom stereocenters. The number of hydrogen-bond donors (Lipinski definition) is 3. The minimum Gasteiger partial charge on any atom is -0.508 e. The number of halogens is 3. The summed E-state index contributed by atoms with van der Waals surface area (Å²) in [6.07, 6.45) is 5.91. The molecule has 34 heavy (non-hydrogen) atoms. The van der Waals surface area contributed by atoms with Crippen LogP contribution in [0.4, 0.5) is 13.2 Å². The lowest BCUT2D eigenvalue weighted by atomic mass is 9.46. The first-order valence-electron chi connectivity index (χ1n) is 12.9. The fourth-order valence-corrected chi connectivity index (χ4v) is 7.52. The number of aliphatic hydroxyl groups excluding tert-OH is 1. The van der Waals surface area contributed by atoms with Crippen LogP contribution in [0.15, 0.2) is 30.4 Å². The Bertz CT molecular complexity index is 909. The maximum absolute atomic E-state index is 12.5. The second-order valence-corrected chi connectivity index (χ2v) is 11.5. The molecular weight excluding hydrogens is 441 g/mol. The van der Waals surface area contributed by atoms with Crippen LogP contribution < -0.4 is 0 Å². The van der Waals surface area contributed by atoms with Crippen LogP contribution in [-0.4, -0.2) is 33.2 Å². The van der Waals surface area contributed by atoms with Crippen LogP contribution in [0.2, 0.25) is 0 Å². The molecule has 0 aromatic heterocycles. The average molecular weight is 481 g/mol. The smallest absolute Gasteiger partial charge is 0.414 e. The molecule has 3 N–H and O–H groups in total. The van der Waals surface area contributed by atoms with E-state index in [4.69, 9.17) is 5.11 Å². The van der Waals surface area contributed by atoms with Gasteiger partial charge in [0, 0.05) is 0 Å². The van der Waals surface area contributed by atoms with Gasteiger partial charge in [0.05, 0.1) is 5.60 Å². The van der Waals surface area contributed by atoms with E-state index in [9.17, 15) is 23.4 Å². The molecule has 0 saturated heterocycles. The third-order valence-electron chi connectivity index (χ3n) is 9.65. The number of alkyl halides is 3. The zero-order valence-electron chi connectivity index (χ0n) is 20.4. The van der Waals surface area contributed by atoms with Crippen LogP contribution in [0.5, 0.6) is 5.75 Å². The van der Waals surface area contributed by atoms with Crippen molar-refractivity contribution in [1.82, 2.24) is 0 Å². The fourth-order valence-electron chi connectivity index (χ4n) is 7.52. The lowest BCUT2D eigenvalue weighted by Gasteiger charge is -2.59. The van der Waals surface area contributed by atoms with Crippen LogP contribution in [0.3, 0.4) is 0 Å². The number of aliphatic hydroxyl groups is 2. The highest BCUT2D eigenvalue weighted by Gasteiger charge is 2.64. The van der Waals surface area contributed by atoms with Gasteiger partial charge in [-0.2, -0.15) is 13.2 Å². The van der Waals surface area contributed by atoms with Gasteiger partial charge in [0.15, 0.2) is 0 Å². The molecule has 0 amide bonds. The molecule has 2 fully saturated rings. The number of allylic oxidation sites excluding steroid dienone is 2. The number of benzene rings is 1. The first kappa shape index (κ1) is 25.6. The molecule has 1 aromatic carbocycles. The van der Waals surface area contributed by atoms with Gasteiger partial charge in [-0.05, 0) is 111 Å². The second-order valence-electron chi connectivity index (χ2n) is 11.5. The summed E-state index contributed by atoms with van der Waals surface area (Å²) in [5, 5.41) is 30.5. The third kappa shape index (κ3) is 4.41. The molecular formula is C28H39F3O3. The highest BCUT2D eigenvalue weighted by Crippen LogP contribution is 2.70. The van der Waals surface area contributed by atoms with Crippen molar-refractivity contribution in [2.45, 2.75) is 108 Å². The minimum absolute atomic E-state index is 0.0516. The molecule has 3 aliphatic rings. The van der Waals surface area contributed by atoms with Crippen LogP contribution in [0.25, 0.3) is 0 Å². The van der Waals surface area contributed by atoms with Crippen molar-refractivity contribution in [3.63, 3.8) is 0 Å². The Morgan fingerprint density at radius 1 is 1.09 bits per heavy atom. The summed E-state index contributed by atoms with van der Waals surface area (Å²) < 4.78 is 37.4. The van der Waals surface area contributed by atoms with E-state index in [0.29, 0.717) is 30.4 Å². The molecule has 0 heterocycles. The number of fused-ring (bicyclic) bond motifs is 5. The summed E-state index contributed by atoms with van der Waals surface area (Å²) in [5.74, 6) is 1.03. The molecule has 0 spiro atoms. The molecule has 0 aliphatic heterocycles. The summed E-state index contributed by atoms with van der Waals surface area (Å²) in [6, 6.07) is 5.77. The monoisotopic (exact) mass is 480 g/mol. The van der Waals surface area contributed by atoms with Crippen molar-refractivity contribution in [2.75, 3.05) is 0 Å². The summed E-state index contributed by atoms with van der Waals surface area (Å²) in [7, 11) is 0. The van der Waals surface area contributed by atoms with Crippen molar-refractivity contribution in [2.24, 2.45) is 16.7 Å². The molecule has 0 radical (unpaired) electrons. The van der Waals surface area contributed by atoms with Crippen molar-refractivity contribution in [1.29, 1.82) is 0 Å². The predicted octanol–water partition coefficient (Wildman–Crippen LogP) is 6.80. The average Bonchev–Trinajstić information content (AvgIpc) is 3.01. The lowest BCUT2D eigenvalue weighted by Crippen LogP contribution is -2.54. The van der Waals surface area contributed by atoms with E-state index in [1.54, 1.807) is 6.07 Å². The van der Waals surface area contributed by atoms with Gasteiger partial charge >= 0.3 is 6.18 Å². The Morgan fingerprint density at radius 2 is 1.85 bits per heavy atom. The molecule has 6 atom stereocenters. The first-order chi connectivity index (χ1) is 15.9. The number of phenolic OH excluding ortho intramolecular Hbond substituents is 1. The van der Waals surface area contributed by atoms with Gasteiger partial charge in [0.1, 0.15) is 11.9 Å². The number of unbranched alkanes of at least 4 members (excludes halogenated alkanes) is 3. The van der Waals surface area contributed by atoms with E-state index in [-0.39, 0.29) is 17.3 Å². The minimum atomic E-state index is -4.53. The molecule has 1 aromatic rings. The number of phenols is 1. The van der Waals surface area contributed by atoms with E-state index in [1.807, 2.05) is 13.0 Å². The quantitative estimate of drug-likeness (QED) is 0.297. The standard InChI is InChI=1S/C28H39F3O3/c1-25-15-12-22-21-10-9-20(32)18-19(21)11-17-27(22,23(25)13-16-26(25,2)34)14-7-5-3-4-6-8-24(33)28(29,30)31/h7,9-10,14,18,22-24,32-34H,3-6,8,11-13,15-17H2,1-2H3/t22-,23-,24+,25+,26+,27?/m1/s1. The lowest BCUT2D eigenvalue weighted by molar-refractivity contribution is -0.205. The maximum Gasteiger partial charge on any atom is 0.414 e. The zero-order chi connectivity index (χ0) is 24.8. The normalized spacial score (nSPS) is 36.2. The van der Waals surface area contributed by atoms with E-state index in [0.717, 1.165) is 51.4 Å². The van der Waals surface area contributed by atoms with Crippen molar-refractivity contribution >= 4 is 0 Å². The highest BCUT2D eigenvalue weighted by molar-refractivity contribution is 5.43. The molecule has 2 saturated carbocycles. The maximum atomic E-state index is 12.5. The summed E-state index contributed by atoms with van der Waals surface area (Å²) in [5.41, 5.74) is 1.67. The Morgan fingerprint density at radius 3 is 2.59 bits per heavy atom. The van der Waals surface area contributed by atoms with E-state index in [1.165, 1.54) is 11.1 Å². The Balaban J connectivity index is 1.50.